The van der Waals surface area contributed by atoms with Gasteiger partial charge in [0.15, 0.2) is 6.61 Å². The summed E-state index contributed by atoms with van der Waals surface area (Å²) >= 11 is 0. The smallest absolute Gasteiger partial charge is 0.338 e. The molecule has 1 N–H and O–H groups in total. The zero-order chi connectivity index (χ0) is 18.4. The predicted octanol–water partition coefficient (Wildman–Crippen LogP) is 2.46. The number of anilines is 2. The molecule has 0 aliphatic carbocycles. The lowest BCUT2D eigenvalue weighted by Crippen LogP contribution is -2.36. The van der Waals surface area contributed by atoms with Gasteiger partial charge in [-0.3, -0.25) is 4.79 Å². The Morgan fingerprint density at radius 3 is 2.35 bits per heavy atom. The number of carbonyl (C=O) groups excluding carboxylic acids is 2. The van der Waals surface area contributed by atoms with Crippen molar-refractivity contribution in [1.82, 2.24) is 0 Å². The molecule has 7 heteroatoms. The van der Waals surface area contributed by atoms with Crippen LogP contribution in [0.2, 0.25) is 0 Å². The summed E-state index contributed by atoms with van der Waals surface area (Å²) in [5, 5.41) is 2.67. The molecular weight excluding hydrogens is 339 g/mol. The molecule has 1 fully saturated rings. The lowest BCUT2D eigenvalue weighted by molar-refractivity contribution is -0.119. The normalized spacial score (nSPS) is 14.0. The summed E-state index contributed by atoms with van der Waals surface area (Å²) in [5.74, 6) is -1.57. The first-order chi connectivity index (χ1) is 12.6. The molecule has 0 spiro atoms. The number of halogens is 1. The Kier molecular flexibility index (Phi) is 5.80. The highest BCUT2D eigenvalue weighted by atomic mass is 19.1. The number of carbonyl (C=O) groups is 2. The highest BCUT2D eigenvalue weighted by Crippen LogP contribution is 2.19. The number of morpholine rings is 1. The molecule has 3 rings (SSSR count). The van der Waals surface area contributed by atoms with Gasteiger partial charge in [-0.25, -0.2) is 9.18 Å². The van der Waals surface area contributed by atoms with Crippen LogP contribution < -0.4 is 10.2 Å². The molecule has 1 amide bonds. The van der Waals surface area contributed by atoms with Gasteiger partial charge in [-0.2, -0.15) is 0 Å². The zero-order valence-corrected chi connectivity index (χ0v) is 14.1. The van der Waals surface area contributed by atoms with Gasteiger partial charge in [0, 0.05) is 24.5 Å². The fraction of sp³-hybridized carbons (Fsp3) is 0.263. The first-order valence-electron chi connectivity index (χ1n) is 8.27. The van der Waals surface area contributed by atoms with Gasteiger partial charge in [0.05, 0.1) is 18.8 Å². The van der Waals surface area contributed by atoms with Gasteiger partial charge in [-0.15, -0.1) is 0 Å². The molecular formula is C19H19FN2O4. The minimum absolute atomic E-state index is 0.189. The standard InChI is InChI=1S/C19H19FN2O4/c20-15-3-1-14(2-4-15)19(24)26-13-18(23)21-16-5-7-17(8-6-16)22-9-11-25-12-10-22/h1-8H,9-13H2,(H,21,23). The highest BCUT2D eigenvalue weighted by Gasteiger charge is 2.12. The predicted molar refractivity (Wildman–Crippen MR) is 94.8 cm³/mol. The van der Waals surface area contributed by atoms with Crippen molar-refractivity contribution in [2.45, 2.75) is 0 Å². The molecule has 0 bridgehead atoms. The van der Waals surface area contributed by atoms with Gasteiger partial charge in [0.1, 0.15) is 5.82 Å². The molecule has 136 valence electrons. The van der Waals surface area contributed by atoms with Crippen molar-refractivity contribution in [2.75, 3.05) is 43.1 Å². The highest BCUT2D eigenvalue weighted by molar-refractivity contribution is 5.95. The fourth-order valence-corrected chi connectivity index (χ4v) is 2.57. The molecule has 1 saturated heterocycles. The van der Waals surface area contributed by atoms with E-state index in [0.717, 1.165) is 30.9 Å². The van der Waals surface area contributed by atoms with E-state index < -0.39 is 24.3 Å². The van der Waals surface area contributed by atoms with Gasteiger partial charge in [-0.05, 0) is 48.5 Å². The number of nitrogens with one attached hydrogen (secondary N) is 1. The van der Waals surface area contributed by atoms with Crippen molar-refractivity contribution in [3.8, 4) is 0 Å². The summed E-state index contributed by atoms with van der Waals surface area (Å²) in [6, 6.07) is 12.4. The summed E-state index contributed by atoms with van der Waals surface area (Å²) < 4.78 is 23.1. The quantitative estimate of drug-likeness (QED) is 0.832. The van der Waals surface area contributed by atoms with E-state index in [1.807, 2.05) is 12.1 Å². The minimum atomic E-state index is -0.678. The van der Waals surface area contributed by atoms with Crippen LogP contribution in [0, 0.1) is 5.82 Å². The molecule has 0 radical (unpaired) electrons. The number of hydrogen-bond acceptors (Lipinski definition) is 5. The molecule has 6 nitrogen and oxygen atoms in total. The maximum Gasteiger partial charge on any atom is 0.338 e. The summed E-state index contributed by atoms with van der Waals surface area (Å²) in [5.41, 5.74) is 1.87. The van der Waals surface area contributed by atoms with Crippen LogP contribution in [0.4, 0.5) is 15.8 Å². The van der Waals surface area contributed by atoms with Gasteiger partial charge in [0.2, 0.25) is 0 Å². The van der Waals surface area contributed by atoms with E-state index >= 15 is 0 Å². The summed E-state index contributed by atoms with van der Waals surface area (Å²) in [4.78, 5) is 25.9. The van der Waals surface area contributed by atoms with Crippen LogP contribution in [-0.4, -0.2) is 44.8 Å². The lowest BCUT2D eigenvalue weighted by atomic mass is 10.2. The molecule has 2 aromatic carbocycles. The van der Waals surface area contributed by atoms with Gasteiger partial charge in [0.25, 0.3) is 5.91 Å². The number of hydrogen-bond donors (Lipinski definition) is 1. The Balaban J connectivity index is 1.48. The van der Waals surface area contributed by atoms with Gasteiger partial charge in [-0.1, -0.05) is 0 Å². The number of ether oxygens (including phenoxy) is 2. The van der Waals surface area contributed by atoms with E-state index in [4.69, 9.17) is 9.47 Å². The van der Waals surface area contributed by atoms with Crippen molar-refractivity contribution in [2.24, 2.45) is 0 Å². The number of benzene rings is 2. The number of nitrogens with zero attached hydrogens (tertiary/aromatic N) is 1. The van der Waals surface area contributed by atoms with Crippen LogP contribution in [0.5, 0.6) is 0 Å². The van der Waals surface area contributed by atoms with Crippen molar-refractivity contribution in [1.29, 1.82) is 0 Å². The first-order valence-corrected chi connectivity index (χ1v) is 8.27. The average molecular weight is 358 g/mol. The number of rotatable bonds is 5. The molecule has 0 saturated carbocycles. The van der Waals surface area contributed by atoms with Crippen LogP contribution in [0.3, 0.4) is 0 Å². The maximum atomic E-state index is 12.8. The van der Waals surface area contributed by atoms with Crippen molar-refractivity contribution < 1.29 is 23.5 Å². The van der Waals surface area contributed by atoms with Crippen LogP contribution in [0.15, 0.2) is 48.5 Å². The van der Waals surface area contributed by atoms with Crippen LogP contribution >= 0.6 is 0 Å². The maximum absolute atomic E-state index is 12.8. The van der Waals surface area contributed by atoms with Crippen molar-refractivity contribution in [3.63, 3.8) is 0 Å². The number of amides is 1. The second kappa shape index (κ2) is 8.44. The Bertz CT molecular complexity index is 756. The molecule has 26 heavy (non-hydrogen) atoms. The third kappa shape index (κ3) is 4.80. The van der Waals surface area contributed by atoms with E-state index in [1.54, 1.807) is 12.1 Å². The molecule has 2 aromatic rings. The Labute approximate surface area is 150 Å². The summed E-state index contributed by atoms with van der Waals surface area (Å²) in [7, 11) is 0. The Hall–Kier alpha value is -2.93. The third-order valence-electron chi connectivity index (χ3n) is 3.94. The van der Waals surface area contributed by atoms with Gasteiger partial charge < -0.3 is 19.7 Å². The Morgan fingerprint density at radius 2 is 1.69 bits per heavy atom. The third-order valence-corrected chi connectivity index (χ3v) is 3.94. The van der Waals surface area contributed by atoms with Crippen molar-refractivity contribution in [3.05, 3.63) is 59.9 Å². The van der Waals surface area contributed by atoms with E-state index in [0.29, 0.717) is 18.9 Å². The topological polar surface area (TPSA) is 67.9 Å². The second-order valence-electron chi connectivity index (χ2n) is 5.78. The van der Waals surface area contributed by atoms with Crippen LogP contribution in [-0.2, 0) is 14.3 Å². The minimum Gasteiger partial charge on any atom is -0.452 e. The van der Waals surface area contributed by atoms with E-state index in [1.165, 1.54) is 12.1 Å². The van der Waals surface area contributed by atoms with E-state index in [9.17, 15) is 14.0 Å². The largest absolute Gasteiger partial charge is 0.452 e. The summed E-state index contributed by atoms with van der Waals surface area (Å²) in [6.45, 7) is 2.67. The first kappa shape index (κ1) is 17.9. The fourth-order valence-electron chi connectivity index (χ4n) is 2.57. The molecule has 0 aromatic heterocycles. The number of esters is 1. The van der Waals surface area contributed by atoms with Gasteiger partial charge >= 0.3 is 5.97 Å². The summed E-state index contributed by atoms with van der Waals surface area (Å²) in [6.07, 6.45) is 0. The molecule has 1 aliphatic heterocycles. The van der Waals surface area contributed by atoms with E-state index in [-0.39, 0.29) is 5.56 Å². The average Bonchev–Trinajstić information content (AvgIpc) is 2.68. The molecule has 0 unspecified atom stereocenters. The second-order valence-corrected chi connectivity index (χ2v) is 5.78. The molecule has 1 heterocycles. The molecule has 0 atom stereocenters. The lowest BCUT2D eigenvalue weighted by Gasteiger charge is -2.28. The van der Waals surface area contributed by atoms with E-state index in [2.05, 4.69) is 10.2 Å². The zero-order valence-electron chi connectivity index (χ0n) is 14.1. The SMILES string of the molecule is O=C(COC(=O)c1ccc(F)cc1)Nc1ccc(N2CCOCC2)cc1. The molecule has 1 aliphatic rings. The van der Waals surface area contributed by atoms with Crippen molar-refractivity contribution >= 4 is 23.3 Å². The van der Waals surface area contributed by atoms with Crippen LogP contribution in [0.25, 0.3) is 0 Å². The van der Waals surface area contributed by atoms with Crippen LogP contribution in [0.1, 0.15) is 10.4 Å². The Morgan fingerprint density at radius 1 is 1.04 bits per heavy atom. The monoisotopic (exact) mass is 358 g/mol.